The van der Waals surface area contributed by atoms with E-state index in [9.17, 15) is 0 Å². The highest BCUT2D eigenvalue weighted by atomic mass is 14.7. The first-order valence-electron chi connectivity index (χ1n) is 4.53. The Kier molecular flexibility index (Phi) is 2.38. The fourth-order valence-corrected chi connectivity index (χ4v) is 2.10. The van der Waals surface area contributed by atoms with E-state index in [0.29, 0.717) is 0 Å². The van der Waals surface area contributed by atoms with Gasteiger partial charge in [-0.1, -0.05) is 25.5 Å². The summed E-state index contributed by atoms with van der Waals surface area (Å²) in [6.07, 6.45) is 5.81. The summed E-state index contributed by atoms with van der Waals surface area (Å²) in [5.41, 5.74) is 7.55. The molecule has 2 atom stereocenters. The second-order valence-electron chi connectivity index (χ2n) is 4.18. The van der Waals surface area contributed by atoms with Crippen LogP contribution in [0, 0.1) is 5.92 Å². The summed E-state index contributed by atoms with van der Waals surface area (Å²) in [5.74, 6) is 0.768. The SMILES string of the molecule is CCC1=CC(C)(N)CC(C)C1. The van der Waals surface area contributed by atoms with E-state index in [2.05, 4.69) is 26.8 Å². The van der Waals surface area contributed by atoms with Gasteiger partial charge in [0.1, 0.15) is 0 Å². The van der Waals surface area contributed by atoms with E-state index in [0.717, 1.165) is 18.8 Å². The van der Waals surface area contributed by atoms with Crippen LogP contribution in [0.4, 0.5) is 0 Å². The van der Waals surface area contributed by atoms with Crippen LogP contribution in [0.1, 0.15) is 40.0 Å². The third-order valence-electron chi connectivity index (χ3n) is 2.39. The topological polar surface area (TPSA) is 26.0 Å². The molecule has 0 radical (unpaired) electrons. The minimum absolute atomic E-state index is 0.0387. The highest BCUT2D eigenvalue weighted by molar-refractivity contribution is 5.16. The second kappa shape index (κ2) is 2.98. The third-order valence-corrected chi connectivity index (χ3v) is 2.39. The number of hydrogen-bond acceptors (Lipinski definition) is 1. The summed E-state index contributed by atoms with van der Waals surface area (Å²) >= 11 is 0. The van der Waals surface area contributed by atoms with Crippen molar-refractivity contribution in [1.82, 2.24) is 0 Å². The summed E-state index contributed by atoms with van der Waals surface area (Å²) in [6, 6.07) is 0. The Morgan fingerprint density at radius 3 is 2.82 bits per heavy atom. The molecule has 0 amide bonds. The maximum atomic E-state index is 6.06. The fraction of sp³-hybridized carbons (Fsp3) is 0.800. The van der Waals surface area contributed by atoms with Gasteiger partial charge in [-0.2, -0.15) is 0 Å². The molecule has 1 rings (SSSR count). The summed E-state index contributed by atoms with van der Waals surface area (Å²) in [5, 5.41) is 0. The molecule has 1 aliphatic carbocycles. The van der Waals surface area contributed by atoms with E-state index in [1.807, 2.05) is 0 Å². The van der Waals surface area contributed by atoms with Gasteiger partial charge in [-0.3, -0.25) is 0 Å². The fourth-order valence-electron chi connectivity index (χ4n) is 2.10. The van der Waals surface area contributed by atoms with Crippen molar-refractivity contribution in [2.75, 3.05) is 0 Å². The van der Waals surface area contributed by atoms with E-state index in [1.54, 1.807) is 0 Å². The van der Waals surface area contributed by atoms with Crippen molar-refractivity contribution in [2.45, 2.75) is 45.6 Å². The summed E-state index contributed by atoms with van der Waals surface area (Å²) in [6.45, 7) is 6.62. The predicted molar refractivity (Wildman–Crippen MR) is 49.4 cm³/mol. The zero-order valence-electron chi connectivity index (χ0n) is 7.85. The molecule has 0 saturated carbocycles. The van der Waals surface area contributed by atoms with E-state index < -0.39 is 0 Å². The highest BCUT2D eigenvalue weighted by Gasteiger charge is 2.24. The Labute approximate surface area is 69.7 Å². The molecule has 1 aliphatic rings. The number of rotatable bonds is 1. The van der Waals surface area contributed by atoms with Crippen molar-refractivity contribution in [3.8, 4) is 0 Å². The average molecular weight is 153 g/mol. The van der Waals surface area contributed by atoms with Gasteiger partial charge in [-0.25, -0.2) is 0 Å². The first-order chi connectivity index (χ1) is 5.03. The van der Waals surface area contributed by atoms with Crippen molar-refractivity contribution in [3.05, 3.63) is 11.6 Å². The van der Waals surface area contributed by atoms with Crippen LogP contribution in [0.15, 0.2) is 11.6 Å². The molecule has 0 fully saturated rings. The average Bonchev–Trinajstić information content (AvgIpc) is 1.83. The molecule has 0 bridgehead atoms. The minimum Gasteiger partial charge on any atom is -0.322 e. The molecular formula is C10H19N. The Bertz CT molecular complexity index is 168. The zero-order chi connectivity index (χ0) is 8.48. The molecule has 0 aromatic carbocycles. The zero-order valence-corrected chi connectivity index (χ0v) is 7.85. The first kappa shape index (κ1) is 8.79. The maximum absolute atomic E-state index is 6.06. The lowest BCUT2D eigenvalue weighted by molar-refractivity contribution is 0.382. The third kappa shape index (κ3) is 2.33. The Morgan fingerprint density at radius 1 is 1.73 bits per heavy atom. The number of nitrogens with two attached hydrogens (primary N) is 1. The van der Waals surface area contributed by atoms with Crippen molar-refractivity contribution in [2.24, 2.45) is 11.7 Å². The quantitative estimate of drug-likeness (QED) is 0.575. The smallest absolute Gasteiger partial charge is 0.0315 e. The lowest BCUT2D eigenvalue weighted by Crippen LogP contribution is -2.38. The van der Waals surface area contributed by atoms with E-state index >= 15 is 0 Å². The second-order valence-corrected chi connectivity index (χ2v) is 4.18. The molecule has 1 heteroatoms. The molecule has 11 heavy (non-hydrogen) atoms. The predicted octanol–water partition coefficient (Wildman–Crippen LogP) is 2.47. The van der Waals surface area contributed by atoms with Gasteiger partial charge in [0.25, 0.3) is 0 Å². The van der Waals surface area contributed by atoms with Crippen molar-refractivity contribution in [3.63, 3.8) is 0 Å². The monoisotopic (exact) mass is 153 g/mol. The van der Waals surface area contributed by atoms with Crippen LogP contribution < -0.4 is 5.73 Å². The van der Waals surface area contributed by atoms with Crippen molar-refractivity contribution in [1.29, 1.82) is 0 Å². The maximum Gasteiger partial charge on any atom is 0.0315 e. The summed E-state index contributed by atoms with van der Waals surface area (Å²) in [7, 11) is 0. The van der Waals surface area contributed by atoms with Gasteiger partial charge in [0.2, 0.25) is 0 Å². The van der Waals surface area contributed by atoms with Crippen LogP contribution in [-0.2, 0) is 0 Å². The molecule has 0 heterocycles. The van der Waals surface area contributed by atoms with E-state index in [4.69, 9.17) is 5.73 Å². The Hall–Kier alpha value is -0.300. The Balaban J connectivity index is 2.74. The molecule has 0 aromatic rings. The largest absolute Gasteiger partial charge is 0.322 e. The molecule has 2 unspecified atom stereocenters. The van der Waals surface area contributed by atoms with Crippen molar-refractivity contribution < 1.29 is 0 Å². The molecule has 64 valence electrons. The lowest BCUT2D eigenvalue weighted by atomic mass is 9.79. The molecular weight excluding hydrogens is 134 g/mol. The summed E-state index contributed by atoms with van der Waals surface area (Å²) in [4.78, 5) is 0. The molecule has 0 spiro atoms. The Morgan fingerprint density at radius 2 is 2.36 bits per heavy atom. The molecule has 0 aliphatic heterocycles. The van der Waals surface area contributed by atoms with Crippen LogP contribution in [-0.4, -0.2) is 5.54 Å². The van der Waals surface area contributed by atoms with Crippen LogP contribution >= 0.6 is 0 Å². The van der Waals surface area contributed by atoms with Crippen LogP contribution in [0.3, 0.4) is 0 Å². The standard InChI is InChI=1S/C10H19N/c1-4-9-5-8(2)6-10(3,11)7-9/h7-8H,4-6,11H2,1-3H3. The van der Waals surface area contributed by atoms with E-state index in [1.165, 1.54) is 12.0 Å². The normalized spacial score (nSPS) is 38.5. The van der Waals surface area contributed by atoms with Gasteiger partial charge >= 0.3 is 0 Å². The summed E-state index contributed by atoms with van der Waals surface area (Å²) < 4.78 is 0. The lowest BCUT2D eigenvalue weighted by Gasteiger charge is -2.31. The van der Waals surface area contributed by atoms with Crippen LogP contribution in [0.25, 0.3) is 0 Å². The van der Waals surface area contributed by atoms with Crippen molar-refractivity contribution >= 4 is 0 Å². The van der Waals surface area contributed by atoms with Gasteiger partial charge in [-0.05, 0) is 32.1 Å². The van der Waals surface area contributed by atoms with Gasteiger partial charge < -0.3 is 5.73 Å². The van der Waals surface area contributed by atoms with Crippen LogP contribution in [0.5, 0.6) is 0 Å². The highest BCUT2D eigenvalue weighted by Crippen LogP contribution is 2.30. The first-order valence-corrected chi connectivity index (χ1v) is 4.53. The molecule has 1 nitrogen and oxygen atoms in total. The number of hydrogen-bond donors (Lipinski definition) is 1. The van der Waals surface area contributed by atoms with Gasteiger partial charge in [0, 0.05) is 5.54 Å². The number of allylic oxidation sites excluding steroid dienone is 1. The molecule has 0 aromatic heterocycles. The van der Waals surface area contributed by atoms with E-state index in [-0.39, 0.29) is 5.54 Å². The molecule has 0 saturated heterocycles. The molecule has 2 N–H and O–H groups in total. The van der Waals surface area contributed by atoms with Gasteiger partial charge in [-0.15, -0.1) is 0 Å². The van der Waals surface area contributed by atoms with Crippen LogP contribution in [0.2, 0.25) is 0 Å². The minimum atomic E-state index is -0.0387. The van der Waals surface area contributed by atoms with Gasteiger partial charge in [0.15, 0.2) is 0 Å². The van der Waals surface area contributed by atoms with Gasteiger partial charge in [0.05, 0.1) is 0 Å².